The molecule has 1 saturated heterocycles. The number of benzene rings is 3. The van der Waals surface area contributed by atoms with Gasteiger partial charge in [0.25, 0.3) is 0 Å². The highest BCUT2D eigenvalue weighted by molar-refractivity contribution is 6.30. The average molecular weight is 469 g/mol. The van der Waals surface area contributed by atoms with Crippen LogP contribution in [0.15, 0.2) is 72.8 Å². The molecule has 1 fully saturated rings. The Kier molecular flexibility index (Phi) is 6.98. The molecule has 1 aliphatic heterocycles. The lowest BCUT2D eigenvalue weighted by Gasteiger charge is -2.17. The number of ether oxygens (including phenoxy) is 1. The molecule has 1 N–H and O–H groups in total. The summed E-state index contributed by atoms with van der Waals surface area (Å²) in [5.41, 5.74) is 2.72. The number of hydrogen-bond acceptors (Lipinski definition) is 3. The Morgan fingerprint density at radius 1 is 0.906 bits per heavy atom. The van der Waals surface area contributed by atoms with Gasteiger partial charge in [-0.25, -0.2) is 0 Å². The third kappa shape index (κ3) is 5.61. The lowest BCUT2D eigenvalue weighted by atomic mass is 10.1. The molecule has 4 rings (SSSR count). The number of nitrogens with zero attached hydrogens (tertiary/aromatic N) is 1. The first-order chi connectivity index (χ1) is 15.5. The van der Waals surface area contributed by atoms with E-state index in [-0.39, 0.29) is 24.2 Å². The van der Waals surface area contributed by atoms with E-state index in [1.54, 1.807) is 17.0 Å². The highest BCUT2D eigenvalue weighted by Gasteiger charge is 2.35. The molecule has 1 aliphatic rings. The van der Waals surface area contributed by atoms with Gasteiger partial charge in [-0.15, -0.1) is 0 Å². The zero-order chi connectivity index (χ0) is 22.5. The molecule has 0 spiro atoms. The quantitative estimate of drug-likeness (QED) is 0.515. The predicted octanol–water partition coefficient (Wildman–Crippen LogP) is 5.24. The summed E-state index contributed by atoms with van der Waals surface area (Å²) in [6, 6.07) is 22.1. The maximum atomic E-state index is 12.6. The molecule has 32 heavy (non-hydrogen) atoms. The monoisotopic (exact) mass is 468 g/mol. The zero-order valence-electron chi connectivity index (χ0n) is 17.3. The van der Waals surface area contributed by atoms with Crippen LogP contribution in [-0.2, 0) is 22.7 Å². The fourth-order valence-corrected chi connectivity index (χ4v) is 3.79. The van der Waals surface area contributed by atoms with Gasteiger partial charge < -0.3 is 15.0 Å². The summed E-state index contributed by atoms with van der Waals surface area (Å²) in [4.78, 5) is 26.7. The van der Waals surface area contributed by atoms with Crippen molar-refractivity contribution in [3.05, 3.63) is 94.0 Å². The molecule has 0 saturated carbocycles. The largest absolute Gasteiger partial charge is 0.489 e. The molecular formula is C25H22Cl2N2O3. The third-order valence-corrected chi connectivity index (χ3v) is 5.85. The second-order valence-corrected chi connectivity index (χ2v) is 8.53. The van der Waals surface area contributed by atoms with E-state index in [0.29, 0.717) is 35.5 Å². The number of carbonyl (C=O) groups is 2. The molecule has 1 atom stereocenters. The van der Waals surface area contributed by atoms with Gasteiger partial charge in [0.1, 0.15) is 12.4 Å². The van der Waals surface area contributed by atoms with Gasteiger partial charge >= 0.3 is 0 Å². The Morgan fingerprint density at radius 3 is 2.12 bits per heavy atom. The van der Waals surface area contributed by atoms with Crippen molar-refractivity contribution in [3.8, 4) is 5.75 Å². The Bertz CT molecular complexity index is 1080. The minimum atomic E-state index is -0.379. The van der Waals surface area contributed by atoms with Crippen LogP contribution in [0.3, 0.4) is 0 Å². The van der Waals surface area contributed by atoms with Crippen molar-refractivity contribution in [3.63, 3.8) is 0 Å². The molecule has 0 aromatic heterocycles. The molecule has 5 nitrogen and oxygen atoms in total. The standard InChI is InChI=1S/C25H22Cl2N2O3/c26-20-5-1-17(2-6-20)14-28-25(31)19-13-24(30)29(15-19)22-9-11-23(12-10-22)32-16-18-3-7-21(27)8-4-18/h1-12,19H,13-16H2,(H,28,31). The van der Waals surface area contributed by atoms with E-state index in [1.807, 2.05) is 60.7 Å². The molecule has 0 aliphatic carbocycles. The highest BCUT2D eigenvalue weighted by Crippen LogP contribution is 2.27. The fraction of sp³-hybridized carbons (Fsp3) is 0.200. The second kappa shape index (κ2) is 10.1. The first-order valence-corrected chi connectivity index (χ1v) is 11.0. The Labute approximate surface area is 196 Å². The van der Waals surface area contributed by atoms with E-state index in [1.165, 1.54) is 0 Å². The minimum absolute atomic E-state index is 0.0634. The molecule has 2 amide bonds. The molecule has 164 valence electrons. The van der Waals surface area contributed by atoms with Crippen LogP contribution < -0.4 is 15.0 Å². The van der Waals surface area contributed by atoms with E-state index in [4.69, 9.17) is 27.9 Å². The van der Waals surface area contributed by atoms with Crippen molar-refractivity contribution in [2.24, 2.45) is 5.92 Å². The summed E-state index contributed by atoms with van der Waals surface area (Å²) in [5, 5.41) is 4.25. The Balaban J connectivity index is 1.30. The summed E-state index contributed by atoms with van der Waals surface area (Å²) < 4.78 is 5.80. The predicted molar refractivity (Wildman–Crippen MR) is 126 cm³/mol. The first kappa shape index (κ1) is 22.2. The van der Waals surface area contributed by atoms with E-state index in [0.717, 1.165) is 16.8 Å². The summed E-state index contributed by atoms with van der Waals surface area (Å²) in [5.74, 6) is 0.133. The fourth-order valence-electron chi connectivity index (χ4n) is 3.54. The highest BCUT2D eigenvalue weighted by atomic mass is 35.5. The van der Waals surface area contributed by atoms with Gasteiger partial charge in [-0.2, -0.15) is 0 Å². The molecule has 0 radical (unpaired) electrons. The Morgan fingerprint density at radius 2 is 1.50 bits per heavy atom. The van der Waals surface area contributed by atoms with E-state index >= 15 is 0 Å². The normalized spacial score (nSPS) is 15.6. The smallest absolute Gasteiger partial charge is 0.227 e. The van der Waals surface area contributed by atoms with Crippen LogP contribution in [0.1, 0.15) is 17.5 Å². The summed E-state index contributed by atoms with van der Waals surface area (Å²) in [6.45, 7) is 1.19. The van der Waals surface area contributed by atoms with Crippen molar-refractivity contribution >= 4 is 40.7 Å². The average Bonchev–Trinajstić information content (AvgIpc) is 3.20. The molecule has 1 heterocycles. The summed E-state index contributed by atoms with van der Waals surface area (Å²) >= 11 is 11.8. The maximum Gasteiger partial charge on any atom is 0.227 e. The van der Waals surface area contributed by atoms with E-state index in [2.05, 4.69) is 5.32 Å². The van der Waals surface area contributed by atoms with Crippen LogP contribution in [0, 0.1) is 5.92 Å². The van der Waals surface area contributed by atoms with Gasteiger partial charge in [-0.05, 0) is 59.7 Å². The van der Waals surface area contributed by atoms with Crippen molar-refractivity contribution in [2.45, 2.75) is 19.6 Å². The molecular weight excluding hydrogens is 447 g/mol. The summed E-state index contributed by atoms with van der Waals surface area (Å²) in [6.07, 6.45) is 0.196. The van der Waals surface area contributed by atoms with Gasteiger partial charge in [0, 0.05) is 35.2 Å². The topological polar surface area (TPSA) is 58.6 Å². The van der Waals surface area contributed by atoms with E-state index in [9.17, 15) is 9.59 Å². The van der Waals surface area contributed by atoms with Gasteiger partial charge in [0.05, 0.1) is 5.92 Å². The van der Waals surface area contributed by atoms with Crippen LogP contribution >= 0.6 is 23.2 Å². The molecule has 7 heteroatoms. The number of carbonyl (C=O) groups excluding carboxylic acids is 2. The van der Waals surface area contributed by atoms with Crippen LogP contribution in [-0.4, -0.2) is 18.4 Å². The van der Waals surface area contributed by atoms with Crippen molar-refractivity contribution < 1.29 is 14.3 Å². The number of hydrogen-bond donors (Lipinski definition) is 1. The second-order valence-electron chi connectivity index (χ2n) is 7.66. The SMILES string of the molecule is O=C(NCc1ccc(Cl)cc1)C1CC(=O)N(c2ccc(OCc3ccc(Cl)cc3)cc2)C1. The van der Waals surface area contributed by atoms with E-state index < -0.39 is 0 Å². The van der Waals surface area contributed by atoms with Crippen LogP contribution in [0.2, 0.25) is 10.0 Å². The van der Waals surface area contributed by atoms with Gasteiger partial charge in [-0.1, -0.05) is 47.5 Å². The number of anilines is 1. The van der Waals surface area contributed by atoms with Crippen LogP contribution in [0.4, 0.5) is 5.69 Å². The van der Waals surface area contributed by atoms with Gasteiger partial charge in [-0.3, -0.25) is 9.59 Å². The lowest BCUT2D eigenvalue weighted by molar-refractivity contribution is -0.126. The van der Waals surface area contributed by atoms with Crippen molar-refractivity contribution in [1.29, 1.82) is 0 Å². The van der Waals surface area contributed by atoms with Crippen molar-refractivity contribution in [1.82, 2.24) is 5.32 Å². The number of halogens is 2. The minimum Gasteiger partial charge on any atom is -0.489 e. The summed E-state index contributed by atoms with van der Waals surface area (Å²) in [7, 11) is 0. The number of nitrogens with one attached hydrogen (secondary N) is 1. The first-order valence-electron chi connectivity index (χ1n) is 10.3. The van der Waals surface area contributed by atoms with Crippen LogP contribution in [0.5, 0.6) is 5.75 Å². The molecule has 3 aromatic carbocycles. The molecule has 3 aromatic rings. The zero-order valence-corrected chi connectivity index (χ0v) is 18.8. The molecule has 0 bridgehead atoms. The number of rotatable bonds is 7. The van der Waals surface area contributed by atoms with Crippen molar-refractivity contribution in [2.75, 3.05) is 11.4 Å². The lowest BCUT2D eigenvalue weighted by Crippen LogP contribution is -2.32. The third-order valence-electron chi connectivity index (χ3n) is 5.34. The van der Waals surface area contributed by atoms with Gasteiger partial charge in [0.15, 0.2) is 0 Å². The van der Waals surface area contributed by atoms with Crippen LogP contribution in [0.25, 0.3) is 0 Å². The maximum absolute atomic E-state index is 12.6. The number of amides is 2. The Hall–Kier alpha value is -3.02. The molecule has 1 unspecified atom stereocenters. The van der Waals surface area contributed by atoms with Gasteiger partial charge in [0.2, 0.25) is 11.8 Å².